The van der Waals surface area contributed by atoms with Gasteiger partial charge in [0.1, 0.15) is 0 Å². The van der Waals surface area contributed by atoms with E-state index in [1.54, 1.807) is 0 Å². The van der Waals surface area contributed by atoms with E-state index in [0.717, 1.165) is 43.4 Å². The number of pyridine rings is 1. The van der Waals surface area contributed by atoms with Crippen molar-refractivity contribution < 1.29 is 0 Å². The van der Waals surface area contributed by atoms with Crippen LogP contribution in [0.25, 0.3) is 0 Å². The maximum atomic E-state index is 6.00. The molecular weight excluding hydrogens is 212 g/mol. The predicted octanol–water partition coefficient (Wildman–Crippen LogP) is 1.50. The fourth-order valence-electron chi connectivity index (χ4n) is 2.26. The van der Waals surface area contributed by atoms with Gasteiger partial charge in [0.25, 0.3) is 0 Å². The van der Waals surface area contributed by atoms with E-state index in [1.807, 2.05) is 19.1 Å². The van der Waals surface area contributed by atoms with Gasteiger partial charge in [-0.15, -0.1) is 0 Å². The topological polar surface area (TPSA) is 45.4 Å². The summed E-state index contributed by atoms with van der Waals surface area (Å²) in [6.07, 6.45) is 0. The molecule has 0 amide bonds. The third-order valence-corrected chi connectivity index (χ3v) is 3.39. The summed E-state index contributed by atoms with van der Waals surface area (Å²) in [5, 5.41) is 0. The Hall–Kier alpha value is -1.29. The molecule has 0 spiro atoms. The Balaban J connectivity index is 2.07. The predicted molar refractivity (Wildman–Crippen MR) is 72.3 cm³/mol. The summed E-state index contributed by atoms with van der Waals surface area (Å²) in [6, 6.07) is 4.54. The summed E-state index contributed by atoms with van der Waals surface area (Å²) < 4.78 is 0. The van der Waals surface area contributed by atoms with Crippen molar-refractivity contribution in [3.05, 3.63) is 17.8 Å². The molecule has 0 radical (unpaired) electrons. The zero-order valence-electron chi connectivity index (χ0n) is 11.0. The molecule has 2 rings (SSSR count). The third-order valence-electron chi connectivity index (χ3n) is 3.39. The van der Waals surface area contributed by atoms with Crippen LogP contribution in [0.15, 0.2) is 12.1 Å². The van der Waals surface area contributed by atoms with Crippen molar-refractivity contribution >= 4 is 11.5 Å². The number of nitrogens with two attached hydrogens (primary N) is 1. The van der Waals surface area contributed by atoms with Gasteiger partial charge in [-0.2, -0.15) is 0 Å². The summed E-state index contributed by atoms with van der Waals surface area (Å²) in [5.74, 6) is 0.952. The van der Waals surface area contributed by atoms with Crippen LogP contribution in [0.4, 0.5) is 11.5 Å². The van der Waals surface area contributed by atoms with Gasteiger partial charge in [0, 0.05) is 37.9 Å². The molecule has 1 aromatic rings. The van der Waals surface area contributed by atoms with Gasteiger partial charge >= 0.3 is 0 Å². The highest BCUT2D eigenvalue weighted by atomic mass is 15.3. The number of anilines is 2. The highest BCUT2D eigenvalue weighted by molar-refractivity contribution is 5.63. The Morgan fingerprint density at radius 1 is 1.18 bits per heavy atom. The fraction of sp³-hybridized carbons (Fsp3) is 0.615. The molecule has 94 valence electrons. The van der Waals surface area contributed by atoms with Gasteiger partial charge in [0.15, 0.2) is 5.82 Å². The third kappa shape index (κ3) is 2.69. The monoisotopic (exact) mass is 234 g/mol. The van der Waals surface area contributed by atoms with Crippen LogP contribution in [0.1, 0.15) is 19.5 Å². The first-order chi connectivity index (χ1) is 8.08. The molecule has 0 saturated carbocycles. The van der Waals surface area contributed by atoms with Crippen molar-refractivity contribution in [2.75, 3.05) is 36.8 Å². The van der Waals surface area contributed by atoms with E-state index in [9.17, 15) is 0 Å². The Bertz CT molecular complexity index is 381. The number of piperazine rings is 1. The molecule has 4 heteroatoms. The maximum Gasteiger partial charge on any atom is 0.152 e. The number of nitrogen functional groups attached to an aromatic ring is 1. The molecule has 2 heterocycles. The molecule has 1 saturated heterocycles. The van der Waals surface area contributed by atoms with Crippen molar-refractivity contribution in [3.63, 3.8) is 0 Å². The maximum absolute atomic E-state index is 6.00. The lowest BCUT2D eigenvalue weighted by atomic mass is 10.2. The molecule has 17 heavy (non-hydrogen) atoms. The van der Waals surface area contributed by atoms with E-state index in [4.69, 9.17) is 5.73 Å². The van der Waals surface area contributed by atoms with Crippen LogP contribution in [0.5, 0.6) is 0 Å². The molecule has 0 atom stereocenters. The second-order valence-corrected chi connectivity index (χ2v) is 4.98. The molecule has 0 unspecified atom stereocenters. The molecule has 1 fully saturated rings. The van der Waals surface area contributed by atoms with Crippen molar-refractivity contribution in [3.8, 4) is 0 Å². The van der Waals surface area contributed by atoms with E-state index in [-0.39, 0.29) is 0 Å². The molecule has 4 nitrogen and oxygen atoms in total. The second-order valence-electron chi connectivity index (χ2n) is 4.98. The Morgan fingerprint density at radius 3 is 2.41 bits per heavy atom. The first-order valence-corrected chi connectivity index (χ1v) is 6.30. The molecule has 0 bridgehead atoms. The summed E-state index contributed by atoms with van der Waals surface area (Å²) in [6.45, 7) is 10.7. The minimum absolute atomic E-state index is 0.625. The summed E-state index contributed by atoms with van der Waals surface area (Å²) >= 11 is 0. The van der Waals surface area contributed by atoms with E-state index >= 15 is 0 Å². The lowest BCUT2D eigenvalue weighted by Gasteiger charge is -2.37. The van der Waals surface area contributed by atoms with Gasteiger partial charge in [-0.25, -0.2) is 4.98 Å². The molecular formula is C13H22N4. The van der Waals surface area contributed by atoms with Crippen molar-refractivity contribution in [2.45, 2.75) is 26.8 Å². The van der Waals surface area contributed by atoms with Crippen LogP contribution in [-0.4, -0.2) is 42.1 Å². The molecule has 0 aromatic carbocycles. The number of rotatable bonds is 2. The molecule has 1 aliphatic rings. The SMILES string of the molecule is Cc1ccc(N)c(N2CCN(C(C)C)CC2)n1. The summed E-state index contributed by atoms with van der Waals surface area (Å²) in [7, 11) is 0. The van der Waals surface area contributed by atoms with Gasteiger partial charge in [0.2, 0.25) is 0 Å². The van der Waals surface area contributed by atoms with Gasteiger partial charge in [-0.3, -0.25) is 4.90 Å². The normalized spacial score (nSPS) is 17.8. The minimum atomic E-state index is 0.625. The standard InChI is InChI=1S/C13H22N4/c1-10(2)16-6-8-17(9-7-16)13-12(14)5-4-11(3)15-13/h4-5,10H,6-9,14H2,1-3H3. The highest BCUT2D eigenvalue weighted by Crippen LogP contribution is 2.22. The van der Waals surface area contributed by atoms with E-state index in [2.05, 4.69) is 28.6 Å². The van der Waals surface area contributed by atoms with Crippen LogP contribution in [0.3, 0.4) is 0 Å². The van der Waals surface area contributed by atoms with Gasteiger partial charge < -0.3 is 10.6 Å². The van der Waals surface area contributed by atoms with Crippen LogP contribution < -0.4 is 10.6 Å². The Labute approximate surface area is 103 Å². The Morgan fingerprint density at radius 2 is 1.82 bits per heavy atom. The quantitative estimate of drug-likeness (QED) is 0.842. The summed E-state index contributed by atoms with van der Waals surface area (Å²) in [4.78, 5) is 9.33. The number of aryl methyl sites for hydroxylation is 1. The smallest absolute Gasteiger partial charge is 0.152 e. The van der Waals surface area contributed by atoms with Crippen LogP contribution in [0, 0.1) is 6.92 Å². The largest absolute Gasteiger partial charge is 0.396 e. The number of nitrogens with zero attached hydrogens (tertiary/aromatic N) is 3. The Kier molecular flexibility index (Phi) is 3.52. The first-order valence-electron chi connectivity index (χ1n) is 6.30. The molecule has 1 aromatic heterocycles. The zero-order chi connectivity index (χ0) is 12.4. The average molecular weight is 234 g/mol. The zero-order valence-corrected chi connectivity index (χ0v) is 11.0. The van der Waals surface area contributed by atoms with Crippen LogP contribution in [0.2, 0.25) is 0 Å². The van der Waals surface area contributed by atoms with Gasteiger partial charge in [-0.05, 0) is 32.9 Å². The van der Waals surface area contributed by atoms with Gasteiger partial charge in [-0.1, -0.05) is 0 Å². The van der Waals surface area contributed by atoms with Crippen molar-refractivity contribution in [1.29, 1.82) is 0 Å². The summed E-state index contributed by atoms with van der Waals surface area (Å²) in [5.41, 5.74) is 7.81. The van der Waals surface area contributed by atoms with Crippen molar-refractivity contribution in [1.82, 2.24) is 9.88 Å². The first kappa shape index (κ1) is 12.2. The van der Waals surface area contributed by atoms with E-state index in [1.165, 1.54) is 0 Å². The van der Waals surface area contributed by atoms with E-state index in [0.29, 0.717) is 6.04 Å². The average Bonchev–Trinajstić information content (AvgIpc) is 2.32. The number of hydrogen-bond acceptors (Lipinski definition) is 4. The lowest BCUT2D eigenvalue weighted by Crippen LogP contribution is -2.49. The number of aromatic nitrogens is 1. The fourth-order valence-corrected chi connectivity index (χ4v) is 2.26. The minimum Gasteiger partial charge on any atom is -0.396 e. The van der Waals surface area contributed by atoms with Gasteiger partial charge in [0.05, 0.1) is 5.69 Å². The lowest BCUT2D eigenvalue weighted by molar-refractivity contribution is 0.209. The van der Waals surface area contributed by atoms with Crippen LogP contribution >= 0.6 is 0 Å². The molecule has 1 aliphatic heterocycles. The number of hydrogen-bond donors (Lipinski definition) is 1. The molecule has 0 aliphatic carbocycles. The molecule has 2 N–H and O–H groups in total. The highest BCUT2D eigenvalue weighted by Gasteiger charge is 2.20. The van der Waals surface area contributed by atoms with Crippen molar-refractivity contribution in [2.24, 2.45) is 0 Å². The van der Waals surface area contributed by atoms with E-state index < -0.39 is 0 Å². The second kappa shape index (κ2) is 4.92. The van der Waals surface area contributed by atoms with Crippen LogP contribution in [-0.2, 0) is 0 Å².